The maximum atomic E-state index is 11.0. The van der Waals surface area contributed by atoms with Gasteiger partial charge < -0.3 is 9.67 Å². The molecule has 0 unspecified atom stereocenters. The number of rotatable bonds is 4. The summed E-state index contributed by atoms with van der Waals surface area (Å²) in [6, 6.07) is 7.74. The summed E-state index contributed by atoms with van der Waals surface area (Å²) < 4.78 is 4.12. The zero-order valence-corrected chi connectivity index (χ0v) is 14.3. The highest BCUT2D eigenvalue weighted by Crippen LogP contribution is 2.29. The lowest BCUT2D eigenvalue weighted by Gasteiger charge is -2.04. The van der Waals surface area contributed by atoms with Crippen molar-refractivity contribution in [1.29, 1.82) is 0 Å². The average molecular weight is 356 g/mol. The van der Waals surface area contributed by atoms with Gasteiger partial charge in [-0.2, -0.15) is 0 Å². The maximum Gasteiger partial charge on any atom is 0.337 e. The number of benzene rings is 1. The second-order valence-corrected chi connectivity index (χ2v) is 7.31. The molecule has 0 aliphatic carbocycles. The number of thiazole rings is 1. The lowest BCUT2D eigenvalue weighted by molar-refractivity contribution is 0.0696. The van der Waals surface area contributed by atoms with E-state index in [-0.39, 0.29) is 5.56 Å². The molecule has 0 bridgehead atoms. The zero-order chi connectivity index (χ0) is 16.7. The van der Waals surface area contributed by atoms with E-state index in [1.54, 1.807) is 29.4 Å². The van der Waals surface area contributed by atoms with Crippen molar-refractivity contribution in [3.63, 3.8) is 0 Å². The molecular formula is C16H12N4O2S2. The molecule has 0 aliphatic rings. The van der Waals surface area contributed by atoms with Crippen molar-refractivity contribution in [2.45, 2.75) is 10.9 Å². The van der Waals surface area contributed by atoms with Gasteiger partial charge in [-0.3, -0.25) is 0 Å². The molecule has 4 aromatic rings. The molecular weight excluding hydrogens is 344 g/mol. The fourth-order valence-electron chi connectivity index (χ4n) is 2.51. The molecule has 0 atom stereocenters. The number of fused-ring (bicyclic) bond motifs is 2. The van der Waals surface area contributed by atoms with Crippen molar-refractivity contribution in [2.75, 3.05) is 6.26 Å². The lowest BCUT2D eigenvalue weighted by atomic mass is 10.2. The molecule has 0 saturated heterocycles. The Morgan fingerprint density at radius 3 is 2.96 bits per heavy atom. The van der Waals surface area contributed by atoms with E-state index in [9.17, 15) is 4.79 Å². The van der Waals surface area contributed by atoms with Crippen molar-refractivity contribution in [2.24, 2.45) is 0 Å². The predicted molar refractivity (Wildman–Crippen MR) is 95.0 cm³/mol. The van der Waals surface area contributed by atoms with Crippen LogP contribution in [-0.4, -0.2) is 36.9 Å². The van der Waals surface area contributed by atoms with Gasteiger partial charge in [0.1, 0.15) is 5.52 Å². The Kier molecular flexibility index (Phi) is 3.70. The van der Waals surface area contributed by atoms with Crippen LogP contribution < -0.4 is 0 Å². The molecule has 24 heavy (non-hydrogen) atoms. The van der Waals surface area contributed by atoms with Crippen LogP contribution in [-0.2, 0) is 6.54 Å². The topological polar surface area (TPSA) is 80.9 Å². The van der Waals surface area contributed by atoms with Gasteiger partial charge in [0.25, 0.3) is 0 Å². The number of thioether (sulfide) groups is 1. The van der Waals surface area contributed by atoms with Gasteiger partial charge in [0, 0.05) is 6.20 Å². The van der Waals surface area contributed by atoms with Crippen LogP contribution in [0, 0.1) is 0 Å². The molecule has 3 heterocycles. The first-order valence-corrected chi connectivity index (χ1v) is 9.16. The second kappa shape index (κ2) is 5.88. The number of hydrogen-bond donors (Lipinski definition) is 1. The standard InChI is InChI=1S/C16H12N4O2S2/c1-23-16-19-11-3-2-9(4-13(11)24-16)7-20-8-18-12-5-10(15(21)22)6-17-14(12)20/h2-6,8H,7H2,1H3,(H,21,22). The normalized spacial score (nSPS) is 11.4. The highest BCUT2D eigenvalue weighted by atomic mass is 32.2. The fourth-order valence-corrected chi connectivity index (χ4v) is 4.06. The average Bonchev–Trinajstić information content (AvgIpc) is 3.17. The quantitative estimate of drug-likeness (QED) is 0.564. The van der Waals surface area contributed by atoms with Crippen LogP contribution in [0.1, 0.15) is 15.9 Å². The van der Waals surface area contributed by atoms with Crippen LogP contribution in [0.15, 0.2) is 41.1 Å². The Morgan fingerprint density at radius 1 is 1.29 bits per heavy atom. The molecule has 0 amide bonds. The van der Waals surface area contributed by atoms with Crippen LogP contribution >= 0.6 is 23.1 Å². The molecule has 3 aromatic heterocycles. The predicted octanol–water partition coefficient (Wildman–Crippen LogP) is 3.51. The largest absolute Gasteiger partial charge is 0.478 e. The third-order valence-electron chi connectivity index (χ3n) is 3.66. The minimum atomic E-state index is -1.00. The Labute approximate surface area is 145 Å². The van der Waals surface area contributed by atoms with Gasteiger partial charge in [0.2, 0.25) is 0 Å². The summed E-state index contributed by atoms with van der Waals surface area (Å²) in [6.07, 6.45) is 5.07. The maximum absolute atomic E-state index is 11.0. The van der Waals surface area contributed by atoms with Gasteiger partial charge in [-0.05, 0) is 30.0 Å². The Bertz CT molecular complexity index is 1070. The number of carbonyl (C=O) groups is 1. The van der Waals surface area contributed by atoms with Crippen molar-refractivity contribution < 1.29 is 9.90 Å². The summed E-state index contributed by atoms with van der Waals surface area (Å²) in [5.74, 6) is -1.00. The van der Waals surface area contributed by atoms with E-state index in [1.165, 1.54) is 12.3 Å². The van der Waals surface area contributed by atoms with Gasteiger partial charge in [-0.25, -0.2) is 19.7 Å². The smallest absolute Gasteiger partial charge is 0.337 e. The third-order valence-corrected chi connectivity index (χ3v) is 5.67. The van der Waals surface area contributed by atoms with Crippen molar-refractivity contribution in [3.05, 3.63) is 47.9 Å². The summed E-state index contributed by atoms with van der Waals surface area (Å²) in [5.41, 5.74) is 3.53. The summed E-state index contributed by atoms with van der Waals surface area (Å²) in [4.78, 5) is 24.1. The van der Waals surface area contributed by atoms with E-state index in [0.29, 0.717) is 17.7 Å². The van der Waals surface area contributed by atoms with Gasteiger partial charge in [-0.1, -0.05) is 17.8 Å². The number of hydrogen-bond acceptors (Lipinski definition) is 6. The molecule has 120 valence electrons. The van der Waals surface area contributed by atoms with Crippen LogP contribution in [0.2, 0.25) is 0 Å². The number of aromatic carboxylic acids is 1. The lowest BCUT2D eigenvalue weighted by Crippen LogP contribution is -2.01. The Hall–Kier alpha value is -2.45. The molecule has 1 N–H and O–H groups in total. The number of nitrogens with zero attached hydrogens (tertiary/aromatic N) is 4. The van der Waals surface area contributed by atoms with E-state index >= 15 is 0 Å². The summed E-state index contributed by atoms with van der Waals surface area (Å²) >= 11 is 3.32. The number of imidazole rings is 1. The number of pyridine rings is 1. The van der Waals surface area contributed by atoms with E-state index in [1.807, 2.05) is 23.0 Å². The highest BCUT2D eigenvalue weighted by Gasteiger charge is 2.10. The first-order chi connectivity index (χ1) is 11.6. The molecule has 0 radical (unpaired) electrons. The van der Waals surface area contributed by atoms with Crippen molar-refractivity contribution in [3.8, 4) is 0 Å². The van der Waals surface area contributed by atoms with E-state index < -0.39 is 5.97 Å². The van der Waals surface area contributed by atoms with Gasteiger partial charge in [0.05, 0.1) is 28.7 Å². The van der Waals surface area contributed by atoms with Crippen molar-refractivity contribution >= 4 is 50.4 Å². The van der Waals surface area contributed by atoms with Gasteiger partial charge in [0.15, 0.2) is 9.99 Å². The highest BCUT2D eigenvalue weighted by molar-refractivity contribution is 8.00. The molecule has 0 aliphatic heterocycles. The summed E-state index contributed by atoms with van der Waals surface area (Å²) in [7, 11) is 0. The zero-order valence-electron chi connectivity index (χ0n) is 12.6. The second-order valence-electron chi connectivity index (χ2n) is 5.23. The summed E-state index contributed by atoms with van der Waals surface area (Å²) in [5, 5.41) is 9.03. The molecule has 6 nitrogen and oxygen atoms in total. The van der Waals surface area contributed by atoms with Gasteiger partial charge in [-0.15, -0.1) is 11.3 Å². The minimum Gasteiger partial charge on any atom is -0.478 e. The molecule has 4 rings (SSSR count). The number of carboxylic acids is 1. The van der Waals surface area contributed by atoms with Crippen LogP contribution in [0.5, 0.6) is 0 Å². The Morgan fingerprint density at radius 2 is 2.17 bits per heavy atom. The number of carboxylic acid groups (broad SMARTS) is 1. The monoisotopic (exact) mass is 356 g/mol. The molecule has 8 heteroatoms. The molecule has 0 fully saturated rings. The third kappa shape index (κ3) is 2.63. The first-order valence-electron chi connectivity index (χ1n) is 7.11. The van der Waals surface area contributed by atoms with E-state index in [0.717, 1.165) is 20.1 Å². The van der Waals surface area contributed by atoms with Gasteiger partial charge >= 0.3 is 5.97 Å². The van der Waals surface area contributed by atoms with E-state index in [4.69, 9.17) is 5.11 Å². The van der Waals surface area contributed by atoms with Crippen molar-refractivity contribution in [1.82, 2.24) is 19.5 Å². The minimum absolute atomic E-state index is 0.142. The summed E-state index contributed by atoms with van der Waals surface area (Å²) in [6.45, 7) is 0.623. The van der Waals surface area contributed by atoms with Crippen LogP contribution in [0.3, 0.4) is 0 Å². The molecule has 1 aromatic carbocycles. The first kappa shape index (κ1) is 15.1. The fraction of sp³-hybridized carbons (Fsp3) is 0.125. The SMILES string of the molecule is CSc1nc2ccc(Cn3cnc4cc(C(=O)O)cnc43)cc2s1. The Balaban J connectivity index is 1.69. The van der Waals surface area contributed by atoms with E-state index in [2.05, 4.69) is 21.0 Å². The molecule has 0 saturated carbocycles. The number of aromatic nitrogens is 4. The molecule has 0 spiro atoms. The van der Waals surface area contributed by atoms with Crippen LogP contribution in [0.4, 0.5) is 0 Å². The van der Waals surface area contributed by atoms with Crippen LogP contribution in [0.25, 0.3) is 21.4 Å².